The molecule has 0 aliphatic carbocycles. The third-order valence-corrected chi connectivity index (χ3v) is 2.92. The van der Waals surface area contributed by atoms with E-state index in [1.54, 1.807) is 24.3 Å². The molecule has 2 rings (SSSR count). The summed E-state index contributed by atoms with van der Waals surface area (Å²) in [4.78, 5) is 20.8. The summed E-state index contributed by atoms with van der Waals surface area (Å²) in [5.41, 5.74) is -1.12. The lowest BCUT2D eigenvalue weighted by Gasteiger charge is -2.00. The van der Waals surface area contributed by atoms with Gasteiger partial charge in [0.25, 0.3) is 0 Å². The maximum Gasteiger partial charge on any atom is 0.190 e. The van der Waals surface area contributed by atoms with Crippen molar-refractivity contribution in [3.05, 3.63) is 30.3 Å². The van der Waals surface area contributed by atoms with E-state index in [0.717, 1.165) is 0 Å². The van der Waals surface area contributed by atoms with E-state index >= 15 is 0 Å². The largest absolute Gasteiger partial charge is 0.508 e. The molecule has 1 aromatic carbocycles. The van der Waals surface area contributed by atoms with Gasteiger partial charge in [-0.15, -0.1) is 0 Å². The van der Waals surface area contributed by atoms with Crippen LogP contribution in [0.5, 0.6) is 5.75 Å². The Kier molecular flexibility index (Phi) is 4.55. The first-order chi connectivity index (χ1) is 7.52. The molecule has 0 bridgehead atoms. The SMILES string of the molecule is O=C1PC(=O)C(O)C1O.Oc1ccccc1. The van der Waals surface area contributed by atoms with Crippen LogP contribution in [0.4, 0.5) is 0 Å². The summed E-state index contributed by atoms with van der Waals surface area (Å²) < 4.78 is 0. The van der Waals surface area contributed by atoms with Gasteiger partial charge in [-0.25, -0.2) is 0 Å². The highest BCUT2D eigenvalue weighted by atomic mass is 31.1. The van der Waals surface area contributed by atoms with Crippen LogP contribution in [0.15, 0.2) is 30.3 Å². The molecular formula is C10H11O5P. The number of phenols is 1. The Labute approximate surface area is 93.5 Å². The molecule has 5 nitrogen and oxygen atoms in total. The second-order valence-corrected chi connectivity index (χ2v) is 4.31. The summed E-state index contributed by atoms with van der Waals surface area (Å²) in [6.07, 6.45) is -2.92. The van der Waals surface area contributed by atoms with Crippen LogP contribution in [0, 0.1) is 0 Å². The third kappa shape index (κ3) is 3.38. The zero-order chi connectivity index (χ0) is 12.1. The Hall–Kier alpha value is -1.29. The van der Waals surface area contributed by atoms with Crippen LogP contribution in [0.3, 0.4) is 0 Å². The van der Waals surface area contributed by atoms with E-state index in [0.29, 0.717) is 5.75 Å². The van der Waals surface area contributed by atoms with Crippen molar-refractivity contribution in [3.63, 3.8) is 0 Å². The molecule has 0 amide bonds. The lowest BCUT2D eigenvalue weighted by molar-refractivity contribution is -0.129. The van der Waals surface area contributed by atoms with Crippen LogP contribution in [0.2, 0.25) is 0 Å². The fourth-order valence-corrected chi connectivity index (χ4v) is 1.84. The van der Waals surface area contributed by atoms with Gasteiger partial charge in [-0.05, 0) is 12.1 Å². The molecule has 0 aromatic heterocycles. The van der Waals surface area contributed by atoms with E-state index in [2.05, 4.69) is 0 Å². The van der Waals surface area contributed by atoms with Gasteiger partial charge in [0.2, 0.25) is 0 Å². The van der Waals surface area contributed by atoms with Crippen molar-refractivity contribution < 1.29 is 24.9 Å². The Morgan fingerprint density at radius 3 is 1.56 bits per heavy atom. The Morgan fingerprint density at radius 2 is 1.38 bits per heavy atom. The summed E-state index contributed by atoms with van der Waals surface area (Å²) in [5, 5.41) is 25.9. The molecule has 6 heteroatoms. The predicted octanol–water partition coefficient (Wildman–Crippen LogP) is -0.154. The average molecular weight is 242 g/mol. The number of aliphatic hydroxyl groups is 2. The average Bonchev–Trinajstić information content (AvgIpc) is 2.48. The molecule has 1 aliphatic rings. The number of aliphatic hydroxyl groups excluding tert-OH is 2. The van der Waals surface area contributed by atoms with E-state index in [4.69, 9.17) is 15.3 Å². The van der Waals surface area contributed by atoms with Gasteiger partial charge in [0.1, 0.15) is 18.0 Å². The summed E-state index contributed by atoms with van der Waals surface area (Å²) in [5.74, 6) is 0.322. The van der Waals surface area contributed by atoms with E-state index in [-0.39, 0.29) is 0 Å². The van der Waals surface area contributed by atoms with Crippen molar-refractivity contribution >= 4 is 19.6 Å². The molecule has 2 unspecified atom stereocenters. The molecule has 3 N–H and O–H groups in total. The molecule has 0 saturated carbocycles. The zero-order valence-corrected chi connectivity index (χ0v) is 9.20. The lowest BCUT2D eigenvalue weighted by Crippen LogP contribution is -2.27. The highest BCUT2D eigenvalue weighted by Crippen LogP contribution is 2.27. The molecule has 1 saturated heterocycles. The van der Waals surface area contributed by atoms with Crippen LogP contribution in [-0.4, -0.2) is 38.6 Å². The Morgan fingerprint density at radius 1 is 0.938 bits per heavy atom. The van der Waals surface area contributed by atoms with E-state index in [1.165, 1.54) is 0 Å². The van der Waals surface area contributed by atoms with Gasteiger partial charge in [0, 0.05) is 8.58 Å². The highest BCUT2D eigenvalue weighted by molar-refractivity contribution is 7.75. The first kappa shape index (κ1) is 12.8. The lowest BCUT2D eigenvalue weighted by atomic mass is 10.2. The smallest absolute Gasteiger partial charge is 0.190 e. The predicted molar refractivity (Wildman–Crippen MR) is 58.4 cm³/mol. The van der Waals surface area contributed by atoms with Crippen LogP contribution in [0.1, 0.15) is 0 Å². The van der Waals surface area contributed by atoms with Crippen molar-refractivity contribution in [2.75, 3.05) is 0 Å². The normalized spacial score (nSPS) is 25.4. The molecule has 86 valence electrons. The molecular weight excluding hydrogens is 231 g/mol. The first-order valence-electron chi connectivity index (χ1n) is 4.47. The minimum absolute atomic E-state index is 0.322. The summed E-state index contributed by atoms with van der Waals surface area (Å²) in [6, 6.07) is 8.71. The van der Waals surface area contributed by atoms with Gasteiger partial charge in [0.05, 0.1) is 0 Å². The molecule has 1 heterocycles. The summed E-state index contributed by atoms with van der Waals surface area (Å²) >= 11 is 0. The number of carbonyl (C=O) groups is 2. The molecule has 0 radical (unpaired) electrons. The van der Waals surface area contributed by atoms with Crippen molar-refractivity contribution in [2.24, 2.45) is 0 Å². The molecule has 1 aliphatic heterocycles. The third-order valence-electron chi connectivity index (χ3n) is 1.84. The summed E-state index contributed by atoms with van der Waals surface area (Å²) in [7, 11) is -0.561. The zero-order valence-electron chi connectivity index (χ0n) is 8.20. The van der Waals surface area contributed by atoms with Crippen LogP contribution >= 0.6 is 8.58 Å². The van der Waals surface area contributed by atoms with Crippen LogP contribution in [0.25, 0.3) is 0 Å². The number of hydrogen-bond donors (Lipinski definition) is 3. The van der Waals surface area contributed by atoms with Gasteiger partial charge >= 0.3 is 0 Å². The molecule has 16 heavy (non-hydrogen) atoms. The second-order valence-electron chi connectivity index (χ2n) is 3.08. The molecule has 0 spiro atoms. The highest BCUT2D eigenvalue weighted by Gasteiger charge is 2.38. The number of hydrogen-bond acceptors (Lipinski definition) is 5. The quantitative estimate of drug-likeness (QED) is 0.550. The fraction of sp³-hybridized carbons (Fsp3) is 0.200. The maximum absolute atomic E-state index is 10.4. The number of benzene rings is 1. The van der Waals surface area contributed by atoms with Gasteiger partial charge in [-0.3, -0.25) is 9.59 Å². The number of aromatic hydroxyl groups is 1. The topological polar surface area (TPSA) is 94.8 Å². The fourth-order valence-electron chi connectivity index (χ4n) is 0.984. The Balaban J connectivity index is 0.000000165. The van der Waals surface area contributed by atoms with Gasteiger partial charge in [0.15, 0.2) is 11.0 Å². The number of rotatable bonds is 0. The van der Waals surface area contributed by atoms with Crippen molar-refractivity contribution in [3.8, 4) is 5.75 Å². The van der Waals surface area contributed by atoms with E-state index in [1.807, 2.05) is 6.07 Å². The van der Waals surface area contributed by atoms with Crippen molar-refractivity contribution in [2.45, 2.75) is 12.2 Å². The summed E-state index contributed by atoms with van der Waals surface area (Å²) in [6.45, 7) is 0. The van der Waals surface area contributed by atoms with Gasteiger partial charge in [-0.1, -0.05) is 18.2 Å². The van der Waals surface area contributed by atoms with Gasteiger partial charge < -0.3 is 15.3 Å². The Bertz CT molecular complexity index is 360. The number of carbonyl (C=O) groups excluding carboxylic acids is 2. The van der Waals surface area contributed by atoms with Crippen molar-refractivity contribution in [1.29, 1.82) is 0 Å². The van der Waals surface area contributed by atoms with Gasteiger partial charge in [-0.2, -0.15) is 0 Å². The van der Waals surface area contributed by atoms with E-state index in [9.17, 15) is 9.59 Å². The van der Waals surface area contributed by atoms with Crippen LogP contribution in [-0.2, 0) is 9.59 Å². The standard InChI is InChI=1S/C6H6O.C4H5O4P/c7-6-4-2-1-3-5-6;5-1-2(6)4(8)9-3(1)7/h1-5,7H;1-2,5-6,9H. The number of phenolic OH excluding ortho intramolecular Hbond substituents is 1. The monoisotopic (exact) mass is 242 g/mol. The minimum Gasteiger partial charge on any atom is -0.508 e. The molecule has 2 atom stereocenters. The van der Waals surface area contributed by atoms with Crippen LogP contribution < -0.4 is 0 Å². The molecule has 1 aromatic rings. The minimum atomic E-state index is -1.46. The molecule has 1 fully saturated rings. The van der Waals surface area contributed by atoms with Crippen molar-refractivity contribution in [1.82, 2.24) is 0 Å². The van der Waals surface area contributed by atoms with E-state index < -0.39 is 31.8 Å². The first-order valence-corrected chi connectivity index (χ1v) is 5.47. The maximum atomic E-state index is 10.4. The number of para-hydroxylation sites is 1. The second kappa shape index (κ2) is 5.70.